The lowest BCUT2D eigenvalue weighted by atomic mass is 9.93. The van der Waals surface area contributed by atoms with Crippen molar-refractivity contribution in [3.63, 3.8) is 0 Å². The minimum atomic E-state index is 0.669. The van der Waals surface area contributed by atoms with Gasteiger partial charge in [0.05, 0.1) is 0 Å². The van der Waals surface area contributed by atoms with Gasteiger partial charge in [-0.15, -0.1) is 0 Å². The van der Waals surface area contributed by atoms with Gasteiger partial charge in [0.15, 0.2) is 0 Å². The van der Waals surface area contributed by atoms with E-state index in [2.05, 4.69) is 31.3 Å². The Bertz CT molecular complexity index is 358. The van der Waals surface area contributed by atoms with Crippen molar-refractivity contribution in [2.75, 3.05) is 18.4 Å². The van der Waals surface area contributed by atoms with Crippen LogP contribution in [0.25, 0.3) is 0 Å². The SMILES string of the molecule is Cc1cc(C)c2c(c1)C(CCCN)CN2. The molecular weight excluding hydrogens is 184 g/mol. The Balaban J connectivity index is 2.25. The first-order valence-corrected chi connectivity index (χ1v) is 5.77. The summed E-state index contributed by atoms with van der Waals surface area (Å²) in [5.74, 6) is 0.669. The van der Waals surface area contributed by atoms with Crippen molar-refractivity contribution < 1.29 is 0 Å². The van der Waals surface area contributed by atoms with E-state index >= 15 is 0 Å². The van der Waals surface area contributed by atoms with Gasteiger partial charge in [-0.1, -0.05) is 17.7 Å². The van der Waals surface area contributed by atoms with E-state index in [0.29, 0.717) is 5.92 Å². The van der Waals surface area contributed by atoms with Gasteiger partial charge in [0.1, 0.15) is 0 Å². The van der Waals surface area contributed by atoms with E-state index in [1.807, 2.05) is 0 Å². The minimum absolute atomic E-state index is 0.669. The highest BCUT2D eigenvalue weighted by Gasteiger charge is 2.22. The molecule has 15 heavy (non-hydrogen) atoms. The van der Waals surface area contributed by atoms with Crippen LogP contribution in [-0.2, 0) is 0 Å². The van der Waals surface area contributed by atoms with Gasteiger partial charge >= 0.3 is 0 Å². The van der Waals surface area contributed by atoms with E-state index in [1.54, 1.807) is 0 Å². The Labute approximate surface area is 91.9 Å². The first-order chi connectivity index (χ1) is 7.22. The molecule has 0 amide bonds. The number of hydrogen-bond donors (Lipinski definition) is 2. The van der Waals surface area contributed by atoms with E-state index in [1.165, 1.54) is 28.8 Å². The molecule has 0 aromatic heterocycles. The van der Waals surface area contributed by atoms with Crippen molar-refractivity contribution in [1.82, 2.24) is 0 Å². The molecule has 82 valence electrons. The molecule has 2 rings (SSSR count). The lowest BCUT2D eigenvalue weighted by Gasteiger charge is -2.10. The van der Waals surface area contributed by atoms with Crippen LogP contribution < -0.4 is 11.1 Å². The van der Waals surface area contributed by atoms with Crippen molar-refractivity contribution in [2.45, 2.75) is 32.6 Å². The van der Waals surface area contributed by atoms with Gasteiger partial charge in [-0.3, -0.25) is 0 Å². The Morgan fingerprint density at radius 2 is 2.20 bits per heavy atom. The van der Waals surface area contributed by atoms with E-state index in [4.69, 9.17) is 5.73 Å². The summed E-state index contributed by atoms with van der Waals surface area (Å²) < 4.78 is 0. The van der Waals surface area contributed by atoms with Crippen LogP contribution in [0.5, 0.6) is 0 Å². The van der Waals surface area contributed by atoms with E-state index in [9.17, 15) is 0 Å². The Morgan fingerprint density at radius 3 is 2.93 bits per heavy atom. The molecule has 0 bridgehead atoms. The number of rotatable bonds is 3. The first-order valence-electron chi connectivity index (χ1n) is 5.77. The van der Waals surface area contributed by atoms with Crippen molar-refractivity contribution in [3.8, 4) is 0 Å². The zero-order chi connectivity index (χ0) is 10.8. The topological polar surface area (TPSA) is 38.0 Å². The van der Waals surface area contributed by atoms with E-state index in [0.717, 1.165) is 19.5 Å². The van der Waals surface area contributed by atoms with Gasteiger partial charge in [-0.05, 0) is 44.4 Å². The molecule has 1 atom stereocenters. The van der Waals surface area contributed by atoms with Crippen LogP contribution in [0, 0.1) is 13.8 Å². The average Bonchev–Trinajstić information content (AvgIpc) is 2.58. The lowest BCUT2D eigenvalue weighted by Crippen LogP contribution is -2.06. The van der Waals surface area contributed by atoms with Gasteiger partial charge in [0.25, 0.3) is 0 Å². The minimum Gasteiger partial charge on any atom is -0.384 e. The fraction of sp³-hybridized carbons (Fsp3) is 0.538. The molecule has 0 saturated carbocycles. The molecule has 1 aromatic rings. The fourth-order valence-corrected chi connectivity index (χ4v) is 2.52. The molecule has 2 nitrogen and oxygen atoms in total. The maximum Gasteiger partial charge on any atom is 0.0406 e. The summed E-state index contributed by atoms with van der Waals surface area (Å²) in [4.78, 5) is 0. The third kappa shape index (κ3) is 2.00. The lowest BCUT2D eigenvalue weighted by molar-refractivity contribution is 0.637. The molecule has 1 unspecified atom stereocenters. The highest BCUT2D eigenvalue weighted by molar-refractivity contribution is 5.63. The van der Waals surface area contributed by atoms with Gasteiger partial charge in [-0.2, -0.15) is 0 Å². The Hall–Kier alpha value is -1.02. The van der Waals surface area contributed by atoms with Crippen molar-refractivity contribution in [1.29, 1.82) is 0 Å². The summed E-state index contributed by atoms with van der Waals surface area (Å²) in [6, 6.07) is 4.57. The number of benzene rings is 1. The monoisotopic (exact) mass is 204 g/mol. The van der Waals surface area contributed by atoms with Crippen LogP contribution in [0.4, 0.5) is 5.69 Å². The Morgan fingerprint density at radius 1 is 1.40 bits per heavy atom. The van der Waals surface area contributed by atoms with Crippen LogP contribution in [0.1, 0.15) is 35.4 Å². The van der Waals surface area contributed by atoms with Crippen molar-refractivity contribution in [2.24, 2.45) is 5.73 Å². The molecule has 1 aliphatic heterocycles. The third-order valence-electron chi connectivity index (χ3n) is 3.23. The van der Waals surface area contributed by atoms with Gasteiger partial charge in [-0.25, -0.2) is 0 Å². The van der Waals surface area contributed by atoms with Gasteiger partial charge < -0.3 is 11.1 Å². The largest absolute Gasteiger partial charge is 0.384 e. The first kappa shape index (κ1) is 10.5. The quantitative estimate of drug-likeness (QED) is 0.794. The Kier molecular flexibility index (Phi) is 2.96. The van der Waals surface area contributed by atoms with E-state index < -0.39 is 0 Å². The molecule has 0 fully saturated rings. The van der Waals surface area contributed by atoms with Gasteiger partial charge in [0, 0.05) is 18.2 Å². The van der Waals surface area contributed by atoms with Crippen LogP contribution in [0.15, 0.2) is 12.1 Å². The zero-order valence-corrected chi connectivity index (χ0v) is 9.64. The maximum absolute atomic E-state index is 5.57. The predicted molar refractivity (Wildman–Crippen MR) is 65.4 cm³/mol. The molecule has 0 aliphatic carbocycles. The second kappa shape index (κ2) is 4.23. The van der Waals surface area contributed by atoms with Crippen LogP contribution in [0.2, 0.25) is 0 Å². The number of nitrogens with one attached hydrogen (secondary N) is 1. The second-order valence-corrected chi connectivity index (χ2v) is 4.55. The zero-order valence-electron chi connectivity index (χ0n) is 9.64. The molecule has 0 spiro atoms. The standard InChI is InChI=1S/C13H20N2/c1-9-6-10(2)13-12(7-9)11(8-15-13)4-3-5-14/h6-7,11,15H,3-5,8,14H2,1-2H3. The van der Waals surface area contributed by atoms with Crippen LogP contribution in [-0.4, -0.2) is 13.1 Å². The molecule has 2 heteroatoms. The summed E-state index contributed by atoms with van der Waals surface area (Å²) in [6.45, 7) is 6.24. The van der Waals surface area contributed by atoms with Crippen LogP contribution >= 0.6 is 0 Å². The number of anilines is 1. The van der Waals surface area contributed by atoms with E-state index in [-0.39, 0.29) is 0 Å². The molecule has 3 N–H and O–H groups in total. The van der Waals surface area contributed by atoms with Gasteiger partial charge in [0.2, 0.25) is 0 Å². The fourth-order valence-electron chi connectivity index (χ4n) is 2.52. The normalized spacial score (nSPS) is 18.7. The summed E-state index contributed by atoms with van der Waals surface area (Å²) in [6.07, 6.45) is 2.33. The molecule has 1 heterocycles. The predicted octanol–water partition coefficient (Wildman–Crippen LogP) is 2.55. The number of nitrogens with two attached hydrogens (primary N) is 1. The molecule has 0 saturated heterocycles. The maximum atomic E-state index is 5.57. The molecular formula is C13H20N2. The highest BCUT2D eigenvalue weighted by Crippen LogP contribution is 2.37. The average molecular weight is 204 g/mol. The summed E-state index contributed by atoms with van der Waals surface area (Å²) >= 11 is 0. The van der Waals surface area contributed by atoms with Crippen molar-refractivity contribution >= 4 is 5.69 Å². The number of hydrogen-bond acceptors (Lipinski definition) is 2. The molecule has 0 radical (unpaired) electrons. The summed E-state index contributed by atoms with van der Waals surface area (Å²) in [5, 5.41) is 3.51. The smallest absolute Gasteiger partial charge is 0.0406 e. The van der Waals surface area contributed by atoms with Crippen LogP contribution in [0.3, 0.4) is 0 Å². The molecule has 1 aliphatic rings. The van der Waals surface area contributed by atoms with Crippen molar-refractivity contribution in [3.05, 3.63) is 28.8 Å². The highest BCUT2D eigenvalue weighted by atomic mass is 14.9. The third-order valence-corrected chi connectivity index (χ3v) is 3.23. The molecule has 1 aromatic carbocycles. The summed E-state index contributed by atoms with van der Waals surface area (Å²) in [5.41, 5.74) is 11.2. The summed E-state index contributed by atoms with van der Waals surface area (Å²) in [7, 11) is 0. The number of fused-ring (bicyclic) bond motifs is 1. The number of aryl methyl sites for hydroxylation is 2. The second-order valence-electron chi connectivity index (χ2n) is 4.55.